The third-order valence-corrected chi connectivity index (χ3v) is 2.99. The van der Waals surface area contributed by atoms with Crippen molar-refractivity contribution in [3.05, 3.63) is 0 Å². The number of amides is 2. The van der Waals surface area contributed by atoms with Gasteiger partial charge in [-0.1, -0.05) is 20.8 Å². The van der Waals surface area contributed by atoms with Gasteiger partial charge >= 0.3 is 0 Å². The van der Waals surface area contributed by atoms with E-state index in [-0.39, 0.29) is 11.8 Å². The molecule has 0 heterocycles. The van der Waals surface area contributed by atoms with Crippen LogP contribution in [0.25, 0.3) is 0 Å². The number of nitrogens with zero attached hydrogens (tertiary/aromatic N) is 1. The molecule has 0 spiro atoms. The van der Waals surface area contributed by atoms with Crippen molar-refractivity contribution in [2.24, 2.45) is 0 Å². The third kappa shape index (κ3) is 10.8. The lowest BCUT2D eigenvalue weighted by molar-refractivity contribution is -0.121. The largest absolute Gasteiger partial charge is 0.356 e. The summed E-state index contributed by atoms with van der Waals surface area (Å²) in [6, 6.07) is 0. The summed E-state index contributed by atoms with van der Waals surface area (Å²) in [6.45, 7) is 10.1. The predicted octanol–water partition coefficient (Wildman–Crippen LogP) is 1.53. The van der Waals surface area contributed by atoms with Crippen molar-refractivity contribution in [3.63, 3.8) is 0 Å². The highest BCUT2D eigenvalue weighted by atomic mass is 16.2. The Labute approximate surface area is 123 Å². The average molecular weight is 285 g/mol. The normalized spacial score (nSPS) is 10.6. The summed E-state index contributed by atoms with van der Waals surface area (Å²) in [5.41, 5.74) is 0. The van der Waals surface area contributed by atoms with Gasteiger partial charge in [-0.25, -0.2) is 0 Å². The summed E-state index contributed by atoms with van der Waals surface area (Å²) in [4.78, 5) is 25.3. The van der Waals surface area contributed by atoms with E-state index in [0.29, 0.717) is 12.8 Å². The van der Waals surface area contributed by atoms with Gasteiger partial charge in [-0.05, 0) is 25.8 Å². The Bertz CT molecular complexity index is 246. The smallest absolute Gasteiger partial charge is 0.221 e. The minimum atomic E-state index is 0.100. The fourth-order valence-corrected chi connectivity index (χ4v) is 1.88. The summed E-state index contributed by atoms with van der Waals surface area (Å²) in [7, 11) is 0. The van der Waals surface area contributed by atoms with E-state index in [1.165, 1.54) is 0 Å². The molecule has 5 heteroatoms. The van der Waals surface area contributed by atoms with Gasteiger partial charge in [-0.2, -0.15) is 0 Å². The van der Waals surface area contributed by atoms with Crippen LogP contribution in [0.15, 0.2) is 0 Å². The number of rotatable bonds is 12. The van der Waals surface area contributed by atoms with E-state index in [9.17, 15) is 9.59 Å². The molecule has 2 amide bonds. The van der Waals surface area contributed by atoms with E-state index in [1.807, 2.05) is 13.8 Å². The van der Waals surface area contributed by atoms with Crippen LogP contribution in [0.3, 0.4) is 0 Å². The first-order valence-electron chi connectivity index (χ1n) is 7.89. The molecule has 0 aliphatic heterocycles. The Morgan fingerprint density at radius 1 is 0.750 bits per heavy atom. The second kappa shape index (κ2) is 12.9. The van der Waals surface area contributed by atoms with Crippen molar-refractivity contribution < 1.29 is 9.59 Å². The molecule has 0 fully saturated rings. The Morgan fingerprint density at radius 3 is 1.55 bits per heavy atom. The van der Waals surface area contributed by atoms with Crippen LogP contribution in [0.1, 0.15) is 52.9 Å². The van der Waals surface area contributed by atoms with Gasteiger partial charge in [-0.3, -0.25) is 9.59 Å². The van der Waals surface area contributed by atoms with Crippen molar-refractivity contribution >= 4 is 11.8 Å². The van der Waals surface area contributed by atoms with E-state index >= 15 is 0 Å². The fourth-order valence-electron chi connectivity index (χ4n) is 1.88. The SMILES string of the molecule is CCCNC(=O)CCN(CCC)CCC(=O)NCCC. The van der Waals surface area contributed by atoms with Gasteiger partial charge in [0.15, 0.2) is 0 Å². The molecule has 0 unspecified atom stereocenters. The first-order valence-corrected chi connectivity index (χ1v) is 7.89. The maximum Gasteiger partial charge on any atom is 0.221 e. The van der Waals surface area contributed by atoms with Crippen LogP contribution in [0.4, 0.5) is 0 Å². The topological polar surface area (TPSA) is 61.4 Å². The number of carbonyl (C=O) groups excluding carboxylic acids is 2. The summed E-state index contributed by atoms with van der Waals surface area (Å²) in [5.74, 6) is 0.201. The van der Waals surface area contributed by atoms with Crippen molar-refractivity contribution in [2.75, 3.05) is 32.7 Å². The van der Waals surface area contributed by atoms with Crippen molar-refractivity contribution in [1.82, 2.24) is 15.5 Å². The van der Waals surface area contributed by atoms with Gasteiger partial charge in [-0.15, -0.1) is 0 Å². The Balaban J connectivity index is 3.91. The first kappa shape index (κ1) is 18.9. The second-order valence-corrected chi connectivity index (χ2v) is 5.04. The van der Waals surface area contributed by atoms with E-state index in [2.05, 4.69) is 22.5 Å². The van der Waals surface area contributed by atoms with Crippen LogP contribution < -0.4 is 10.6 Å². The molecule has 0 aromatic heterocycles. The van der Waals surface area contributed by atoms with Crippen LogP contribution in [-0.2, 0) is 9.59 Å². The molecule has 0 radical (unpaired) electrons. The van der Waals surface area contributed by atoms with Crippen molar-refractivity contribution in [2.45, 2.75) is 52.9 Å². The number of nitrogens with one attached hydrogen (secondary N) is 2. The summed E-state index contributed by atoms with van der Waals surface area (Å²) >= 11 is 0. The van der Waals surface area contributed by atoms with Crippen LogP contribution in [-0.4, -0.2) is 49.4 Å². The summed E-state index contributed by atoms with van der Waals surface area (Å²) in [6.07, 6.45) is 3.98. The van der Waals surface area contributed by atoms with Crippen LogP contribution in [0, 0.1) is 0 Å². The van der Waals surface area contributed by atoms with Crippen LogP contribution in [0.5, 0.6) is 0 Å². The molecule has 2 N–H and O–H groups in total. The minimum Gasteiger partial charge on any atom is -0.356 e. The van der Waals surface area contributed by atoms with Crippen LogP contribution in [0.2, 0.25) is 0 Å². The lowest BCUT2D eigenvalue weighted by atomic mass is 10.3. The molecule has 0 saturated carbocycles. The highest BCUT2D eigenvalue weighted by Crippen LogP contribution is 1.97. The highest BCUT2D eigenvalue weighted by Gasteiger charge is 2.09. The van der Waals surface area contributed by atoms with Gasteiger partial charge in [0.2, 0.25) is 11.8 Å². The fraction of sp³-hybridized carbons (Fsp3) is 0.867. The molecule has 0 saturated heterocycles. The standard InChI is InChI=1S/C15H31N3O2/c1-4-9-16-14(19)7-12-18(11-6-3)13-8-15(20)17-10-5-2/h4-13H2,1-3H3,(H,16,19)(H,17,20). The van der Waals surface area contributed by atoms with Gasteiger partial charge < -0.3 is 15.5 Å². The first-order chi connectivity index (χ1) is 9.63. The van der Waals surface area contributed by atoms with Gasteiger partial charge in [0.1, 0.15) is 0 Å². The summed E-state index contributed by atoms with van der Waals surface area (Å²) < 4.78 is 0. The molecule has 0 rings (SSSR count). The lowest BCUT2D eigenvalue weighted by Gasteiger charge is -2.21. The van der Waals surface area contributed by atoms with Gasteiger partial charge in [0.25, 0.3) is 0 Å². The maximum atomic E-state index is 11.6. The molecule has 0 aromatic rings. The molecule has 20 heavy (non-hydrogen) atoms. The molecule has 5 nitrogen and oxygen atoms in total. The predicted molar refractivity (Wildman–Crippen MR) is 82.6 cm³/mol. The highest BCUT2D eigenvalue weighted by molar-refractivity contribution is 5.76. The van der Waals surface area contributed by atoms with E-state index in [1.54, 1.807) is 0 Å². The zero-order chi connectivity index (χ0) is 15.2. The molecular formula is C15H31N3O2. The van der Waals surface area contributed by atoms with Gasteiger partial charge in [0, 0.05) is 39.0 Å². The lowest BCUT2D eigenvalue weighted by Crippen LogP contribution is -2.35. The van der Waals surface area contributed by atoms with E-state index in [4.69, 9.17) is 0 Å². The number of hydrogen-bond acceptors (Lipinski definition) is 3. The average Bonchev–Trinajstić information content (AvgIpc) is 2.45. The minimum absolute atomic E-state index is 0.100. The Morgan fingerprint density at radius 2 is 1.20 bits per heavy atom. The molecule has 0 aromatic carbocycles. The molecule has 0 aliphatic rings. The van der Waals surface area contributed by atoms with Crippen molar-refractivity contribution in [1.29, 1.82) is 0 Å². The van der Waals surface area contributed by atoms with E-state index in [0.717, 1.165) is 52.0 Å². The zero-order valence-corrected chi connectivity index (χ0v) is 13.3. The zero-order valence-electron chi connectivity index (χ0n) is 13.3. The second-order valence-electron chi connectivity index (χ2n) is 5.04. The molecule has 0 aliphatic carbocycles. The van der Waals surface area contributed by atoms with E-state index < -0.39 is 0 Å². The van der Waals surface area contributed by atoms with Gasteiger partial charge in [0.05, 0.1) is 0 Å². The third-order valence-electron chi connectivity index (χ3n) is 2.99. The number of carbonyl (C=O) groups is 2. The molecular weight excluding hydrogens is 254 g/mol. The monoisotopic (exact) mass is 285 g/mol. The molecule has 118 valence electrons. The summed E-state index contributed by atoms with van der Waals surface area (Å²) in [5, 5.41) is 5.76. The quantitative estimate of drug-likeness (QED) is 0.572. The van der Waals surface area contributed by atoms with Crippen molar-refractivity contribution in [3.8, 4) is 0 Å². The Hall–Kier alpha value is -1.10. The number of hydrogen-bond donors (Lipinski definition) is 2. The molecule has 0 atom stereocenters. The maximum absolute atomic E-state index is 11.6. The molecule has 0 bridgehead atoms. The van der Waals surface area contributed by atoms with Crippen LogP contribution >= 0.6 is 0 Å². The Kier molecular flexibility index (Phi) is 12.2.